The number of carbonyl (C=O) groups is 2. The standard InChI is InChI=1S/C15H27N3O5S/c1-11(19)13(14(16)21)17-10-15(7-4-3-6-12(17)20)8-5-9-18(15)24(2,22)23/h11,13,19H,3-10H2,1-2H3,(H2,16,21). The average molecular weight is 361 g/mol. The summed E-state index contributed by atoms with van der Waals surface area (Å²) in [5, 5.41) is 9.95. The SMILES string of the molecule is CC(O)C(C(N)=O)N1CC2(CCCCC1=O)CCCN2S(C)(=O)=O. The second-order valence-electron chi connectivity index (χ2n) is 6.98. The lowest BCUT2D eigenvalue weighted by Gasteiger charge is -2.44. The molecular weight excluding hydrogens is 334 g/mol. The third-order valence-corrected chi connectivity index (χ3v) is 6.46. The van der Waals surface area contributed by atoms with E-state index >= 15 is 0 Å². The number of nitrogens with two attached hydrogens (primary N) is 1. The second kappa shape index (κ2) is 6.97. The van der Waals surface area contributed by atoms with E-state index in [1.807, 2.05) is 0 Å². The molecule has 2 heterocycles. The summed E-state index contributed by atoms with van der Waals surface area (Å²) in [4.78, 5) is 25.7. The van der Waals surface area contributed by atoms with Gasteiger partial charge in [-0.2, -0.15) is 4.31 Å². The first kappa shape index (κ1) is 19.1. The Hall–Kier alpha value is -1.19. The molecule has 2 aliphatic rings. The number of aliphatic hydroxyl groups is 1. The number of hydrogen-bond acceptors (Lipinski definition) is 5. The highest BCUT2D eigenvalue weighted by Crippen LogP contribution is 2.38. The maximum absolute atomic E-state index is 12.6. The summed E-state index contributed by atoms with van der Waals surface area (Å²) in [7, 11) is -3.43. The van der Waals surface area contributed by atoms with Gasteiger partial charge in [-0.1, -0.05) is 6.42 Å². The van der Waals surface area contributed by atoms with Gasteiger partial charge in [0, 0.05) is 19.5 Å². The van der Waals surface area contributed by atoms with E-state index in [1.54, 1.807) is 0 Å². The number of primary amides is 1. The van der Waals surface area contributed by atoms with Crippen molar-refractivity contribution >= 4 is 21.8 Å². The summed E-state index contributed by atoms with van der Waals surface area (Å²) in [6, 6.07) is -1.14. The number of sulfonamides is 1. The van der Waals surface area contributed by atoms with Gasteiger partial charge in [-0.15, -0.1) is 0 Å². The van der Waals surface area contributed by atoms with Gasteiger partial charge < -0.3 is 15.7 Å². The molecule has 2 rings (SSSR count). The van der Waals surface area contributed by atoms with Crippen LogP contribution in [0.1, 0.15) is 45.4 Å². The molecule has 3 unspecified atom stereocenters. The second-order valence-corrected chi connectivity index (χ2v) is 8.89. The number of amides is 2. The van der Waals surface area contributed by atoms with Crippen molar-refractivity contribution in [2.75, 3.05) is 19.3 Å². The topological polar surface area (TPSA) is 121 Å². The van der Waals surface area contributed by atoms with Crippen LogP contribution in [0.5, 0.6) is 0 Å². The van der Waals surface area contributed by atoms with Crippen molar-refractivity contribution in [3.8, 4) is 0 Å². The number of rotatable bonds is 4. The highest BCUT2D eigenvalue weighted by atomic mass is 32.2. The lowest BCUT2D eigenvalue weighted by molar-refractivity contribution is -0.146. The van der Waals surface area contributed by atoms with Crippen LogP contribution in [0.15, 0.2) is 0 Å². The Balaban J connectivity index is 2.43. The summed E-state index contributed by atoms with van der Waals surface area (Å²) in [6.07, 6.45) is 3.68. The quantitative estimate of drug-likeness (QED) is 0.694. The van der Waals surface area contributed by atoms with E-state index in [-0.39, 0.29) is 18.9 Å². The van der Waals surface area contributed by atoms with Crippen molar-refractivity contribution in [1.29, 1.82) is 0 Å². The molecule has 2 amide bonds. The van der Waals surface area contributed by atoms with Crippen LogP contribution < -0.4 is 5.73 Å². The van der Waals surface area contributed by atoms with Gasteiger partial charge in [0.2, 0.25) is 21.8 Å². The third-order valence-electron chi connectivity index (χ3n) is 5.08. The van der Waals surface area contributed by atoms with Crippen LogP contribution in [0.2, 0.25) is 0 Å². The normalized spacial score (nSPS) is 29.3. The molecule has 0 aromatic rings. The molecule has 0 aliphatic carbocycles. The predicted molar refractivity (Wildman–Crippen MR) is 88.4 cm³/mol. The zero-order valence-electron chi connectivity index (χ0n) is 14.3. The van der Waals surface area contributed by atoms with E-state index in [4.69, 9.17) is 5.73 Å². The number of likely N-dealkylation sites (tertiary alicyclic amines) is 1. The smallest absolute Gasteiger partial charge is 0.242 e. The Bertz CT molecular complexity index is 606. The molecule has 0 bridgehead atoms. The summed E-state index contributed by atoms with van der Waals surface area (Å²) < 4.78 is 25.9. The van der Waals surface area contributed by atoms with E-state index in [0.29, 0.717) is 32.2 Å². The van der Waals surface area contributed by atoms with Crippen LogP contribution >= 0.6 is 0 Å². The minimum atomic E-state index is -3.43. The molecule has 8 nitrogen and oxygen atoms in total. The van der Waals surface area contributed by atoms with Gasteiger partial charge in [-0.05, 0) is 32.6 Å². The average Bonchev–Trinajstić information content (AvgIpc) is 2.85. The zero-order chi connectivity index (χ0) is 18.1. The van der Waals surface area contributed by atoms with E-state index < -0.39 is 33.6 Å². The fourth-order valence-electron chi connectivity index (χ4n) is 4.10. The monoisotopic (exact) mass is 361 g/mol. The van der Waals surface area contributed by atoms with Gasteiger partial charge in [0.15, 0.2) is 0 Å². The fraction of sp³-hybridized carbons (Fsp3) is 0.867. The molecule has 1 spiro atoms. The summed E-state index contributed by atoms with van der Waals surface area (Å²) >= 11 is 0. The zero-order valence-corrected chi connectivity index (χ0v) is 15.1. The summed E-state index contributed by atoms with van der Waals surface area (Å²) in [5.74, 6) is -1.04. The van der Waals surface area contributed by atoms with Gasteiger partial charge >= 0.3 is 0 Å². The highest BCUT2D eigenvalue weighted by Gasteiger charge is 2.49. The Kier molecular flexibility index (Phi) is 5.56. The van der Waals surface area contributed by atoms with Crippen molar-refractivity contribution in [2.24, 2.45) is 5.73 Å². The molecule has 138 valence electrons. The molecular formula is C15H27N3O5S. The Morgan fingerprint density at radius 2 is 1.92 bits per heavy atom. The van der Waals surface area contributed by atoms with Crippen LogP contribution in [0.25, 0.3) is 0 Å². The Labute approximate surface area is 143 Å². The first-order valence-corrected chi connectivity index (χ1v) is 10.2. The summed E-state index contributed by atoms with van der Waals surface area (Å²) in [5.41, 5.74) is 4.69. The minimum Gasteiger partial charge on any atom is -0.391 e. The lowest BCUT2D eigenvalue weighted by atomic mass is 9.87. The van der Waals surface area contributed by atoms with Gasteiger partial charge in [0.05, 0.1) is 17.9 Å². The molecule has 2 fully saturated rings. The van der Waals surface area contributed by atoms with Crippen LogP contribution in [0.4, 0.5) is 0 Å². The number of nitrogens with zero attached hydrogens (tertiary/aromatic N) is 2. The van der Waals surface area contributed by atoms with E-state index in [0.717, 1.165) is 6.42 Å². The maximum Gasteiger partial charge on any atom is 0.242 e. The molecule has 3 N–H and O–H groups in total. The minimum absolute atomic E-state index is 0.0947. The predicted octanol–water partition coefficient (Wildman–Crippen LogP) is -0.582. The molecule has 0 aromatic heterocycles. The van der Waals surface area contributed by atoms with Crippen molar-refractivity contribution in [3.05, 3.63) is 0 Å². The number of aliphatic hydroxyl groups excluding tert-OH is 1. The van der Waals surface area contributed by atoms with Crippen molar-refractivity contribution in [1.82, 2.24) is 9.21 Å². The molecule has 0 radical (unpaired) electrons. The number of carbonyl (C=O) groups excluding carboxylic acids is 2. The molecule has 0 saturated carbocycles. The molecule has 2 saturated heterocycles. The summed E-state index contributed by atoms with van der Waals surface area (Å²) in [6.45, 7) is 1.92. The van der Waals surface area contributed by atoms with Crippen molar-refractivity contribution in [2.45, 2.75) is 63.1 Å². The largest absolute Gasteiger partial charge is 0.391 e. The third kappa shape index (κ3) is 3.73. The Morgan fingerprint density at radius 3 is 2.46 bits per heavy atom. The first-order chi connectivity index (χ1) is 11.1. The first-order valence-electron chi connectivity index (χ1n) is 8.33. The van der Waals surface area contributed by atoms with E-state index in [2.05, 4.69) is 0 Å². The molecule has 9 heteroatoms. The van der Waals surface area contributed by atoms with E-state index in [1.165, 1.54) is 22.4 Å². The van der Waals surface area contributed by atoms with Gasteiger partial charge in [-0.3, -0.25) is 9.59 Å². The van der Waals surface area contributed by atoms with Crippen molar-refractivity contribution < 1.29 is 23.1 Å². The molecule has 0 aromatic carbocycles. The molecule has 3 atom stereocenters. The fourth-order valence-corrected chi connectivity index (χ4v) is 5.51. The molecule has 24 heavy (non-hydrogen) atoms. The lowest BCUT2D eigenvalue weighted by Crippen LogP contribution is -2.62. The van der Waals surface area contributed by atoms with Crippen molar-refractivity contribution in [3.63, 3.8) is 0 Å². The maximum atomic E-state index is 12.6. The molecule has 2 aliphatic heterocycles. The van der Waals surface area contributed by atoms with Gasteiger partial charge in [-0.25, -0.2) is 8.42 Å². The number of hydrogen-bond donors (Lipinski definition) is 2. The van der Waals surface area contributed by atoms with Crippen LogP contribution in [0, 0.1) is 0 Å². The van der Waals surface area contributed by atoms with Gasteiger partial charge in [0.1, 0.15) is 6.04 Å². The van der Waals surface area contributed by atoms with Crippen LogP contribution in [-0.2, 0) is 19.6 Å². The van der Waals surface area contributed by atoms with Crippen LogP contribution in [-0.4, -0.2) is 71.6 Å². The Morgan fingerprint density at radius 1 is 1.29 bits per heavy atom. The van der Waals surface area contributed by atoms with E-state index in [9.17, 15) is 23.1 Å². The van der Waals surface area contributed by atoms with Gasteiger partial charge in [0.25, 0.3) is 0 Å². The van der Waals surface area contributed by atoms with Crippen LogP contribution in [0.3, 0.4) is 0 Å². The highest BCUT2D eigenvalue weighted by molar-refractivity contribution is 7.88.